The molecule has 0 aliphatic carbocycles. The van der Waals surface area contributed by atoms with Gasteiger partial charge in [-0.05, 0) is 54.8 Å². The number of aryl methyl sites for hydroxylation is 3. The van der Waals surface area contributed by atoms with Gasteiger partial charge >= 0.3 is 0 Å². The summed E-state index contributed by atoms with van der Waals surface area (Å²) in [5, 5.41) is 0. The molecule has 0 aliphatic heterocycles. The van der Waals surface area contributed by atoms with Gasteiger partial charge in [0, 0.05) is 31.1 Å². The van der Waals surface area contributed by atoms with Crippen LogP contribution in [0, 0.1) is 0 Å². The number of benzene rings is 1. The number of nitrogens with zero attached hydrogens (tertiary/aromatic N) is 3. The van der Waals surface area contributed by atoms with E-state index in [1.807, 2.05) is 24.5 Å². The predicted octanol–water partition coefficient (Wildman–Crippen LogP) is 3.06. The van der Waals surface area contributed by atoms with E-state index in [1.165, 1.54) is 7.05 Å². The molecule has 3 rings (SSSR count). The smallest absolute Gasteiger partial charge is 0.219 e. The number of hydrogen-bond donors (Lipinski definition) is 1. The third kappa shape index (κ3) is 6.33. The zero-order valence-electron chi connectivity index (χ0n) is 16.5. The summed E-state index contributed by atoms with van der Waals surface area (Å²) in [6.45, 7) is 2.08. The second-order valence-corrected chi connectivity index (χ2v) is 8.50. The Morgan fingerprint density at radius 2 is 1.66 bits per heavy atom. The van der Waals surface area contributed by atoms with E-state index in [4.69, 9.17) is 4.74 Å². The summed E-state index contributed by atoms with van der Waals surface area (Å²) in [5.74, 6) is 1.83. The Morgan fingerprint density at radius 3 is 2.31 bits per heavy atom. The molecule has 29 heavy (non-hydrogen) atoms. The maximum atomic E-state index is 11.6. The highest BCUT2D eigenvalue weighted by molar-refractivity contribution is 7.88. The Morgan fingerprint density at radius 1 is 0.931 bits per heavy atom. The molecule has 152 valence electrons. The predicted molar refractivity (Wildman–Crippen MR) is 111 cm³/mol. The van der Waals surface area contributed by atoms with Crippen LogP contribution in [-0.2, 0) is 35.0 Å². The lowest BCUT2D eigenvalue weighted by Gasteiger charge is -2.08. The molecule has 3 aromatic rings. The van der Waals surface area contributed by atoms with Crippen molar-refractivity contribution in [3.05, 3.63) is 77.5 Å². The molecule has 0 saturated carbocycles. The molecular formula is C21H24N4O3S. The minimum atomic E-state index is -3.30. The van der Waals surface area contributed by atoms with Crippen LogP contribution >= 0.6 is 0 Å². The molecule has 1 aromatic carbocycles. The summed E-state index contributed by atoms with van der Waals surface area (Å²) < 4.78 is 31.3. The van der Waals surface area contributed by atoms with Crippen LogP contribution in [0.2, 0.25) is 0 Å². The van der Waals surface area contributed by atoms with E-state index in [-0.39, 0.29) is 5.75 Å². The topological polar surface area (TPSA) is 94.1 Å². The van der Waals surface area contributed by atoms with Crippen LogP contribution in [-0.4, -0.2) is 30.4 Å². The van der Waals surface area contributed by atoms with Crippen LogP contribution in [0.5, 0.6) is 11.6 Å². The first-order valence-corrected chi connectivity index (χ1v) is 11.1. The zero-order valence-corrected chi connectivity index (χ0v) is 17.3. The molecule has 0 atom stereocenters. The quantitative estimate of drug-likeness (QED) is 0.580. The number of sulfonamides is 1. The molecule has 8 heteroatoms. The van der Waals surface area contributed by atoms with Gasteiger partial charge in [-0.15, -0.1) is 0 Å². The standard InChI is InChI=1S/C21H24N4O3S/c1-3-16-13-24-20(25-14-16)9-6-17-10-11-23-21(12-17)28-19-7-4-18(5-8-19)15-29(26,27)22-2/h4-5,7-8,10-14,22H,3,6,9,15H2,1-2H3. The van der Waals surface area contributed by atoms with Gasteiger partial charge in [0.05, 0.1) is 5.75 Å². The fraction of sp³-hybridized carbons (Fsp3) is 0.286. The minimum Gasteiger partial charge on any atom is -0.439 e. The Labute approximate surface area is 171 Å². The average molecular weight is 413 g/mol. The number of nitrogens with one attached hydrogen (secondary N) is 1. The fourth-order valence-corrected chi connectivity index (χ4v) is 3.45. The van der Waals surface area contributed by atoms with Crippen molar-refractivity contribution in [1.29, 1.82) is 0 Å². The average Bonchev–Trinajstić information content (AvgIpc) is 2.74. The first-order valence-electron chi connectivity index (χ1n) is 9.40. The third-order valence-corrected chi connectivity index (χ3v) is 5.75. The highest BCUT2D eigenvalue weighted by Crippen LogP contribution is 2.21. The second-order valence-electron chi connectivity index (χ2n) is 6.57. The molecule has 0 fully saturated rings. The molecule has 2 heterocycles. The van der Waals surface area contributed by atoms with Crippen molar-refractivity contribution in [2.45, 2.75) is 31.9 Å². The van der Waals surface area contributed by atoms with Gasteiger partial charge in [-0.1, -0.05) is 19.1 Å². The van der Waals surface area contributed by atoms with Crippen molar-refractivity contribution in [3.63, 3.8) is 0 Å². The van der Waals surface area contributed by atoms with E-state index in [2.05, 4.69) is 26.6 Å². The lowest BCUT2D eigenvalue weighted by molar-refractivity contribution is 0.462. The normalized spacial score (nSPS) is 11.4. The van der Waals surface area contributed by atoms with Crippen molar-refractivity contribution in [2.24, 2.45) is 0 Å². The Balaban J connectivity index is 1.60. The van der Waals surface area contributed by atoms with E-state index in [0.717, 1.165) is 36.2 Å². The number of ether oxygens (including phenoxy) is 1. The summed E-state index contributed by atoms with van der Waals surface area (Å²) in [6.07, 6.45) is 7.90. The van der Waals surface area contributed by atoms with Gasteiger partial charge in [0.1, 0.15) is 11.6 Å². The summed E-state index contributed by atoms with van der Waals surface area (Å²) in [7, 11) is -1.90. The first kappa shape index (κ1) is 20.9. The molecule has 0 radical (unpaired) electrons. The number of hydrogen-bond acceptors (Lipinski definition) is 6. The maximum Gasteiger partial charge on any atom is 0.219 e. The molecule has 0 aliphatic rings. The van der Waals surface area contributed by atoms with Gasteiger partial charge in [0.15, 0.2) is 0 Å². The van der Waals surface area contributed by atoms with Crippen LogP contribution in [0.4, 0.5) is 0 Å². The van der Waals surface area contributed by atoms with E-state index < -0.39 is 10.0 Å². The molecule has 0 amide bonds. The number of aromatic nitrogens is 3. The molecule has 0 bridgehead atoms. The summed E-state index contributed by atoms with van der Waals surface area (Å²) >= 11 is 0. The first-order chi connectivity index (χ1) is 14.0. The van der Waals surface area contributed by atoms with Crippen LogP contribution in [0.25, 0.3) is 0 Å². The fourth-order valence-electron chi connectivity index (χ4n) is 2.68. The number of pyridine rings is 1. The second kappa shape index (κ2) is 9.58. The minimum absolute atomic E-state index is 0.0706. The highest BCUT2D eigenvalue weighted by atomic mass is 32.2. The van der Waals surface area contributed by atoms with Crippen LogP contribution < -0.4 is 9.46 Å². The zero-order chi connectivity index (χ0) is 20.7. The van der Waals surface area contributed by atoms with Crippen molar-refractivity contribution in [1.82, 2.24) is 19.7 Å². The molecule has 0 saturated heterocycles. The van der Waals surface area contributed by atoms with Crippen molar-refractivity contribution in [2.75, 3.05) is 7.05 Å². The van der Waals surface area contributed by atoms with E-state index >= 15 is 0 Å². The third-order valence-electron chi connectivity index (χ3n) is 4.42. The van der Waals surface area contributed by atoms with Gasteiger partial charge in [-0.2, -0.15) is 0 Å². The van der Waals surface area contributed by atoms with Gasteiger partial charge in [0.2, 0.25) is 15.9 Å². The summed E-state index contributed by atoms with van der Waals surface area (Å²) in [5.41, 5.74) is 2.89. The SMILES string of the molecule is CCc1cnc(CCc2ccnc(Oc3ccc(CS(=O)(=O)NC)cc3)c2)nc1. The van der Waals surface area contributed by atoms with Crippen LogP contribution in [0.3, 0.4) is 0 Å². The monoisotopic (exact) mass is 412 g/mol. The largest absolute Gasteiger partial charge is 0.439 e. The van der Waals surface area contributed by atoms with Gasteiger partial charge in [-0.3, -0.25) is 0 Å². The van der Waals surface area contributed by atoms with Gasteiger partial charge in [0.25, 0.3) is 0 Å². The lowest BCUT2D eigenvalue weighted by atomic mass is 10.1. The van der Waals surface area contributed by atoms with E-state index in [9.17, 15) is 8.42 Å². The van der Waals surface area contributed by atoms with Crippen molar-refractivity contribution < 1.29 is 13.2 Å². The Kier molecular flexibility index (Phi) is 6.90. The van der Waals surface area contributed by atoms with Crippen LogP contribution in [0.1, 0.15) is 29.4 Å². The Hall–Kier alpha value is -2.84. The summed E-state index contributed by atoms with van der Waals surface area (Å²) in [6, 6.07) is 10.8. The van der Waals surface area contributed by atoms with E-state index in [0.29, 0.717) is 17.2 Å². The lowest BCUT2D eigenvalue weighted by Crippen LogP contribution is -2.20. The van der Waals surface area contributed by atoms with Gasteiger partial charge < -0.3 is 4.74 Å². The Bertz CT molecular complexity index is 1040. The van der Waals surface area contributed by atoms with Crippen molar-refractivity contribution in [3.8, 4) is 11.6 Å². The van der Waals surface area contributed by atoms with Crippen LogP contribution in [0.15, 0.2) is 55.0 Å². The molecule has 0 unspecified atom stereocenters. The highest BCUT2D eigenvalue weighted by Gasteiger charge is 2.09. The summed E-state index contributed by atoms with van der Waals surface area (Å²) in [4.78, 5) is 13.0. The van der Waals surface area contributed by atoms with E-state index in [1.54, 1.807) is 30.5 Å². The molecular weight excluding hydrogens is 388 g/mol. The molecule has 1 N–H and O–H groups in total. The maximum absolute atomic E-state index is 11.6. The van der Waals surface area contributed by atoms with Crippen molar-refractivity contribution >= 4 is 10.0 Å². The molecule has 7 nitrogen and oxygen atoms in total. The number of rotatable bonds is 9. The molecule has 2 aromatic heterocycles. The molecule has 0 spiro atoms. The van der Waals surface area contributed by atoms with Gasteiger partial charge in [-0.25, -0.2) is 28.1 Å².